The van der Waals surface area contributed by atoms with Gasteiger partial charge in [0.1, 0.15) is 6.04 Å². The van der Waals surface area contributed by atoms with Crippen LogP contribution in [0.4, 0.5) is 4.79 Å². The average molecular weight is 278 g/mol. The number of thioether (sulfide) groups is 1. The summed E-state index contributed by atoms with van der Waals surface area (Å²) >= 11 is 1.50. The fourth-order valence-electron chi connectivity index (χ4n) is 1.08. The van der Waals surface area contributed by atoms with E-state index in [-0.39, 0.29) is 13.0 Å². The van der Waals surface area contributed by atoms with Crippen molar-refractivity contribution in [1.82, 2.24) is 10.6 Å². The molecule has 0 radical (unpaired) electrons. The van der Waals surface area contributed by atoms with Gasteiger partial charge in [0, 0.05) is 6.54 Å². The largest absolute Gasteiger partial charge is 0.480 e. The van der Waals surface area contributed by atoms with Gasteiger partial charge in [0.05, 0.1) is 13.5 Å². The number of hydrogen-bond donors (Lipinski definition) is 3. The van der Waals surface area contributed by atoms with Crippen LogP contribution in [0.1, 0.15) is 12.8 Å². The summed E-state index contributed by atoms with van der Waals surface area (Å²) in [5.74, 6) is -0.876. The average Bonchev–Trinajstić information content (AvgIpc) is 2.33. The zero-order chi connectivity index (χ0) is 14.0. The van der Waals surface area contributed by atoms with Crippen molar-refractivity contribution in [2.45, 2.75) is 18.9 Å². The SMILES string of the molecule is COC(=O)CCNC(=O)NC(CCSC)C(=O)O. The molecule has 0 aliphatic heterocycles. The lowest BCUT2D eigenvalue weighted by molar-refractivity contribution is -0.141. The molecule has 0 rings (SSSR count). The quantitative estimate of drug-likeness (QED) is 0.542. The number of esters is 1. The van der Waals surface area contributed by atoms with Crippen LogP contribution in [0, 0.1) is 0 Å². The van der Waals surface area contributed by atoms with Gasteiger partial charge in [0.2, 0.25) is 0 Å². The topological polar surface area (TPSA) is 105 Å². The Kier molecular flexibility index (Phi) is 8.81. The van der Waals surface area contributed by atoms with Gasteiger partial charge in [-0.3, -0.25) is 4.79 Å². The predicted octanol–water partition coefficient (Wildman–Crippen LogP) is 0.0550. The van der Waals surface area contributed by atoms with Crippen molar-refractivity contribution in [2.24, 2.45) is 0 Å². The molecule has 0 saturated carbocycles. The van der Waals surface area contributed by atoms with E-state index < -0.39 is 24.0 Å². The Labute approximate surface area is 110 Å². The molecular formula is C10H18N2O5S. The lowest BCUT2D eigenvalue weighted by Gasteiger charge is -2.14. The Morgan fingerprint density at radius 1 is 1.39 bits per heavy atom. The molecule has 8 heteroatoms. The summed E-state index contributed by atoms with van der Waals surface area (Å²) in [5.41, 5.74) is 0. The van der Waals surface area contributed by atoms with Crippen molar-refractivity contribution in [3.63, 3.8) is 0 Å². The summed E-state index contributed by atoms with van der Waals surface area (Å²) in [6.07, 6.45) is 2.25. The van der Waals surface area contributed by atoms with Crippen LogP contribution < -0.4 is 10.6 Å². The molecule has 0 spiro atoms. The first-order valence-electron chi connectivity index (χ1n) is 5.34. The van der Waals surface area contributed by atoms with Crippen LogP contribution in [-0.2, 0) is 14.3 Å². The summed E-state index contributed by atoms with van der Waals surface area (Å²) in [7, 11) is 1.26. The minimum absolute atomic E-state index is 0.0481. The Morgan fingerprint density at radius 2 is 2.06 bits per heavy atom. The van der Waals surface area contributed by atoms with Crippen molar-refractivity contribution in [1.29, 1.82) is 0 Å². The van der Waals surface area contributed by atoms with Crippen LogP contribution in [0.3, 0.4) is 0 Å². The molecule has 1 atom stereocenters. The second-order valence-corrected chi connectivity index (χ2v) is 4.38. The number of carbonyl (C=O) groups excluding carboxylic acids is 2. The molecule has 0 aliphatic carbocycles. The zero-order valence-corrected chi connectivity index (χ0v) is 11.2. The molecule has 0 bridgehead atoms. The highest BCUT2D eigenvalue weighted by Gasteiger charge is 2.19. The van der Waals surface area contributed by atoms with E-state index in [1.165, 1.54) is 18.9 Å². The summed E-state index contributed by atoms with van der Waals surface area (Å²) in [5, 5.41) is 13.6. The standard InChI is InChI=1S/C10H18N2O5S/c1-17-8(13)3-5-11-10(16)12-7(9(14)15)4-6-18-2/h7H,3-6H2,1-2H3,(H,14,15)(H2,11,12,16). The molecule has 0 heterocycles. The van der Waals surface area contributed by atoms with E-state index in [1.807, 2.05) is 6.26 Å². The number of hydrogen-bond acceptors (Lipinski definition) is 5. The third-order valence-electron chi connectivity index (χ3n) is 2.06. The summed E-state index contributed by atoms with van der Waals surface area (Å²) in [4.78, 5) is 33.0. The van der Waals surface area contributed by atoms with Crippen molar-refractivity contribution in [2.75, 3.05) is 25.7 Å². The highest BCUT2D eigenvalue weighted by atomic mass is 32.2. The minimum Gasteiger partial charge on any atom is -0.480 e. The Morgan fingerprint density at radius 3 is 2.56 bits per heavy atom. The van der Waals surface area contributed by atoms with E-state index in [9.17, 15) is 14.4 Å². The Balaban J connectivity index is 3.94. The predicted molar refractivity (Wildman–Crippen MR) is 67.6 cm³/mol. The van der Waals surface area contributed by atoms with Crippen LogP contribution in [0.5, 0.6) is 0 Å². The maximum atomic E-state index is 11.3. The van der Waals surface area contributed by atoms with Crippen molar-refractivity contribution in [3.05, 3.63) is 0 Å². The summed E-state index contributed by atoms with van der Waals surface area (Å²) < 4.78 is 4.40. The van der Waals surface area contributed by atoms with E-state index >= 15 is 0 Å². The number of carboxylic acid groups (broad SMARTS) is 1. The molecule has 0 fully saturated rings. The molecule has 7 nitrogen and oxygen atoms in total. The number of urea groups is 1. The molecule has 0 saturated heterocycles. The smallest absolute Gasteiger partial charge is 0.326 e. The molecule has 0 aromatic heterocycles. The van der Waals surface area contributed by atoms with E-state index in [0.29, 0.717) is 12.2 Å². The van der Waals surface area contributed by atoms with Gasteiger partial charge in [-0.05, 0) is 18.4 Å². The number of nitrogens with one attached hydrogen (secondary N) is 2. The van der Waals surface area contributed by atoms with Gasteiger partial charge in [-0.25, -0.2) is 9.59 Å². The summed E-state index contributed by atoms with van der Waals surface area (Å²) in [6.45, 7) is 0.105. The molecule has 3 N–H and O–H groups in total. The van der Waals surface area contributed by atoms with Crippen molar-refractivity contribution < 1.29 is 24.2 Å². The van der Waals surface area contributed by atoms with E-state index in [4.69, 9.17) is 5.11 Å². The number of carboxylic acids is 1. The van der Waals surface area contributed by atoms with Gasteiger partial charge in [-0.2, -0.15) is 11.8 Å². The fraction of sp³-hybridized carbons (Fsp3) is 0.700. The van der Waals surface area contributed by atoms with E-state index in [1.54, 1.807) is 0 Å². The number of aliphatic carboxylic acids is 1. The second kappa shape index (κ2) is 9.58. The van der Waals surface area contributed by atoms with Crippen molar-refractivity contribution >= 4 is 29.7 Å². The molecule has 104 valence electrons. The number of ether oxygens (including phenoxy) is 1. The molecule has 18 heavy (non-hydrogen) atoms. The lowest BCUT2D eigenvalue weighted by atomic mass is 10.2. The minimum atomic E-state index is -1.08. The second-order valence-electron chi connectivity index (χ2n) is 3.40. The Bertz CT molecular complexity index is 298. The van der Waals surface area contributed by atoms with Crippen LogP contribution >= 0.6 is 11.8 Å². The van der Waals surface area contributed by atoms with Crippen LogP contribution in [-0.4, -0.2) is 54.8 Å². The van der Waals surface area contributed by atoms with Gasteiger partial charge >= 0.3 is 18.0 Å². The number of carbonyl (C=O) groups is 3. The van der Waals surface area contributed by atoms with Gasteiger partial charge in [0.15, 0.2) is 0 Å². The van der Waals surface area contributed by atoms with Crippen LogP contribution in [0.2, 0.25) is 0 Å². The molecule has 0 aliphatic rings. The molecule has 0 aromatic carbocycles. The van der Waals surface area contributed by atoms with E-state index in [2.05, 4.69) is 15.4 Å². The van der Waals surface area contributed by atoms with Crippen molar-refractivity contribution in [3.8, 4) is 0 Å². The monoisotopic (exact) mass is 278 g/mol. The van der Waals surface area contributed by atoms with Crippen LogP contribution in [0.25, 0.3) is 0 Å². The Hall–Kier alpha value is -1.44. The normalized spacial score (nSPS) is 11.4. The summed E-state index contributed by atoms with van der Waals surface area (Å²) in [6, 6.07) is -1.53. The maximum absolute atomic E-state index is 11.3. The van der Waals surface area contributed by atoms with Crippen LogP contribution in [0.15, 0.2) is 0 Å². The maximum Gasteiger partial charge on any atom is 0.326 e. The first kappa shape index (κ1) is 16.6. The van der Waals surface area contributed by atoms with Gasteiger partial charge < -0.3 is 20.5 Å². The highest BCUT2D eigenvalue weighted by Crippen LogP contribution is 2.00. The van der Waals surface area contributed by atoms with Gasteiger partial charge in [-0.1, -0.05) is 0 Å². The van der Waals surface area contributed by atoms with Gasteiger partial charge in [0.25, 0.3) is 0 Å². The fourth-order valence-corrected chi connectivity index (χ4v) is 1.55. The zero-order valence-electron chi connectivity index (χ0n) is 10.4. The first-order chi connectivity index (χ1) is 8.51. The number of methoxy groups -OCH3 is 1. The molecule has 2 amide bonds. The number of amides is 2. The van der Waals surface area contributed by atoms with Gasteiger partial charge in [-0.15, -0.1) is 0 Å². The number of rotatable bonds is 8. The third kappa shape index (κ3) is 7.77. The lowest BCUT2D eigenvalue weighted by Crippen LogP contribution is -2.46. The third-order valence-corrected chi connectivity index (χ3v) is 2.70. The molecule has 0 aromatic rings. The first-order valence-corrected chi connectivity index (χ1v) is 6.73. The highest BCUT2D eigenvalue weighted by molar-refractivity contribution is 7.98. The molecular weight excluding hydrogens is 260 g/mol. The molecule has 1 unspecified atom stereocenters. The van der Waals surface area contributed by atoms with E-state index in [0.717, 1.165) is 0 Å².